The molecule has 1 aromatic heterocycles. The largest absolute Gasteiger partial charge is 0.326 e. The van der Waals surface area contributed by atoms with Crippen LogP contribution >= 0.6 is 0 Å². The number of anilines is 2. The van der Waals surface area contributed by atoms with Crippen LogP contribution in [0.3, 0.4) is 0 Å². The topological polar surface area (TPSA) is 67.2 Å². The van der Waals surface area contributed by atoms with Crippen molar-refractivity contribution in [3.63, 3.8) is 0 Å². The van der Waals surface area contributed by atoms with Gasteiger partial charge in [0.2, 0.25) is 11.9 Å². The molecule has 0 saturated carbocycles. The van der Waals surface area contributed by atoms with Gasteiger partial charge in [-0.25, -0.2) is 4.98 Å². The summed E-state index contributed by atoms with van der Waals surface area (Å²) in [5.74, 6) is 0.340. The van der Waals surface area contributed by atoms with Gasteiger partial charge in [-0.1, -0.05) is 54.6 Å². The maximum atomic E-state index is 13.5. The number of nitrogens with zero attached hydrogens (tertiary/aromatic N) is 3. The van der Waals surface area contributed by atoms with Crippen molar-refractivity contribution in [3.8, 4) is 0 Å². The summed E-state index contributed by atoms with van der Waals surface area (Å²) < 4.78 is 1.92. The van der Waals surface area contributed by atoms with E-state index in [0.717, 1.165) is 39.8 Å². The SMILES string of the molecule is Cc1ccc(C)c(NC(=O)CC2C(=O)N(CCc3ccccc3)c3nc4ccccc4n32)c1. The van der Waals surface area contributed by atoms with E-state index in [1.807, 2.05) is 79.1 Å². The molecule has 6 heteroatoms. The van der Waals surface area contributed by atoms with Crippen LogP contribution < -0.4 is 10.2 Å². The van der Waals surface area contributed by atoms with Crippen LogP contribution in [0.5, 0.6) is 0 Å². The van der Waals surface area contributed by atoms with Crippen molar-refractivity contribution in [2.45, 2.75) is 32.7 Å². The number of benzene rings is 3. The zero-order valence-corrected chi connectivity index (χ0v) is 18.8. The van der Waals surface area contributed by atoms with Gasteiger partial charge in [-0.2, -0.15) is 0 Å². The minimum atomic E-state index is -0.617. The third-order valence-electron chi connectivity index (χ3n) is 6.19. The van der Waals surface area contributed by atoms with Gasteiger partial charge in [-0.15, -0.1) is 0 Å². The fourth-order valence-electron chi connectivity index (χ4n) is 4.44. The molecule has 33 heavy (non-hydrogen) atoms. The summed E-state index contributed by atoms with van der Waals surface area (Å²) in [6, 6.07) is 23.2. The van der Waals surface area contributed by atoms with Crippen LogP contribution in [0.4, 0.5) is 11.6 Å². The number of rotatable bonds is 6. The molecule has 2 amide bonds. The first kappa shape index (κ1) is 20.9. The number of aromatic nitrogens is 2. The lowest BCUT2D eigenvalue weighted by molar-refractivity contribution is -0.124. The fourth-order valence-corrected chi connectivity index (χ4v) is 4.44. The Labute approximate surface area is 192 Å². The lowest BCUT2D eigenvalue weighted by Crippen LogP contribution is -2.33. The average molecular weight is 439 g/mol. The number of carbonyl (C=O) groups is 2. The molecule has 6 nitrogen and oxygen atoms in total. The van der Waals surface area contributed by atoms with Gasteiger partial charge in [-0.3, -0.25) is 19.1 Å². The zero-order chi connectivity index (χ0) is 22.9. The van der Waals surface area contributed by atoms with Crippen LogP contribution in [0, 0.1) is 13.8 Å². The first-order valence-electron chi connectivity index (χ1n) is 11.2. The Morgan fingerprint density at radius 3 is 2.58 bits per heavy atom. The highest BCUT2D eigenvalue weighted by atomic mass is 16.2. The summed E-state index contributed by atoms with van der Waals surface area (Å²) >= 11 is 0. The number of aryl methyl sites for hydroxylation is 2. The summed E-state index contributed by atoms with van der Waals surface area (Å²) in [4.78, 5) is 33.0. The molecule has 3 aromatic carbocycles. The molecule has 2 heterocycles. The average Bonchev–Trinajstić information content (AvgIpc) is 3.30. The molecule has 0 saturated heterocycles. The van der Waals surface area contributed by atoms with Gasteiger partial charge in [0, 0.05) is 12.2 Å². The molecule has 5 rings (SSSR count). The van der Waals surface area contributed by atoms with E-state index in [4.69, 9.17) is 4.98 Å². The van der Waals surface area contributed by atoms with E-state index < -0.39 is 6.04 Å². The number of amides is 2. The summed E-state index contributed by atoms with van der Waals surface area (Å²) in [5, 5.41) is 3.00. The first-order valence-corrected chi connectivity index (χ1v) is 11.2. The smallest absolute Gasteiger partial charge is 0.253 e. The highest BCUT2D eigenvalue weighted by Crippen LogP contribution is 2.36. The molecule has 0 radical (unpaired) electrons. The van der Waals surface area contributed by atoms with E-state index >= 15 is 0 Å². The molecule has 0 fully saturated rings. The van der Waals surface area contributed by atoms with Crippen molar-refractivity contribution in [1.29, 1.82) is 0 Å². The number of carbonyl (C=O) groups excluding carboxylic acids is 2. The molecule has 0 bridgehead atoms. The standard InChI is InChI=1S/C27H26N4O2/c1-18-12-13-19(2)22(16-18)28-25(32)17-24-26(33)30(15-14-20-8-4-3-5-9-20)27-29-21-10-6-7-11-23(21)31(24)27/h3-13,16,24H,14-15,17H2,1-2H3,(H,28,32). The molecule has 1 aliphatic heterocycles. The molecule has 0 aliphatic carbocycles. The Bertz CT molecular complexity index is 1340. The van der Waals surface area contributed by atoms with Crippen molar-refractivity contribution in [3.05, 3.63) is 89.5 Å². The molecule has 4 aromatic rings. The Morgan fingerprint density at radius 1 is 1.00 bits per heavy atom. The molecule has 1 N–H and O–H groups in total. The number of hydrogen-bond donors (Lipinski definition) is 1. The van der Waals surface area contributed by atoms with Gasteiger partial charge in [0.05, 0.1) is 17.5 Å². The van der Waals surface area contributed by atoms with E-state index in [9.17, 15) is 9.59 Å². The number of imidazole rings is 1. The second kappa shape index (κ2) is 8.54. The van der Waals surface area contributed by atoms with Crippen molar-refractivity contribution in [2.24, 2.45) is 0 Å². The maximum absolute atomic E-state index is 13.5. The van der Waals surface area contributed by atoms with E-state index in [-0.39, 0.29) is 18.2 Å². The van der Waals surface area contributed by atoms with E-state index in [1.54, 1.807) is 4.90 Å². The summed E-state index contributed by atoms with van der Waals surface area (Å²) in [6.45, 7) is 4.47. The third-order valence-corrected chi connectivity index (χ3v) is 6.19. The predicted molar refractivity (Wildman–Crippen MR) is 130 cm³/mol. The normalized spacial score (nSPS) is 15.2. The minimum Gasteiger partial charge on any atom is -0.326 e. The third kappa shape index (κ3) is 4.00. The van der Waals surface area contributed by atoms with E-state index in [2.05, 4.69) is 17.4 Å². The van der Waals surface area contributed by atoms with Gasteiger partial charge in [0.15, 0.2) is 0 Å². The second-order valence-corrected chi connectivity index (χ2v) is 8.58. The second-order valence-electron chi connectivity index (χ2n) is 8.58. The Morgan fingerprint density at radius 2 is 1.76 bits per heavy atom. The molecule has 166 valence electrons. The molecule has 1 aliphatic rings. The van der Waals surface area contributed by atoms with Crippen LogP contribution in [0.2, 0.25) is 0 Å². The van der Waals surface area contributed by atoms with Crippen LogP contribution in [0.15, 0.2) is 72.8 Å². The lowest BCUT2D eigenvalue weighted by Gasteiger charge is -2.16. The van der Waals surface area contributed by atoms with E-state index in [1.165, 1.54) is 0 Å². The molecular formula is C27H26N4O2. The van der Waals surface area contributed by atoms with Gasteiger partial charge in [0.1, 0.15) is 6.04 Å². The van der Waals surface area contributed by atoms with Crippen LogP contribution in [0.1, 0.15) is 29.2 Å². The fraction of sp³-hybridized carbons (Fsp3) is 0.222. The van der Waals surface area contributed by atoms with Gasteiger partial charge in [0.25, 0.3) is 5.91 Å². The van der Waals surface area contributed by atoms with Crippen LogP contribution in [-0.4, -0.2) is 27.9 Å². The lowest BCUT2D eigenvalue weighted by atomic mass is 10.1. The van der Waals surface area contributed by atoms with E-state index in [0.29, 0.717) is 12.5 Å². The summed E-state index contributed by atoms with van der Waals surface area (Å²) in [7, 11) is 0. The zero-order valence-electron chi connectivity index (χ0n) is 18.8. The molecule has 1 atom stereocenters. The summed E-state index contributed by atoms with van der Waals surface area (Å²) in [5.41, 5.74) is 5.69. The minimum absolute atomic E-state index is 0.0570. The van der Waals surface area contributed by atoms with Crippen molar-refractivity contribution < 1.29 is 9.59 Å². The van der Waals surface area contributed by atoms with Gasteiger partial charge >= 0.3 is 0 Å². The van der Waals surface area contributed by atoms with Gasteiger partial charge < -0.3 is 5.32 Å². The highest BCUT2D eigenvalue weighted by molar-refractivity contribution is 6.05. The first-order chi connectivity index (χ1) is 16.0. The summed E-state index contributed by atoms with van der Waals surface area (Å²) in [6.07, 6.45) is 0.776. The number of hydrogen-bond acceptors (Lipinski definition) is 3. The van der Waals surface area contributed by atoms with Crippen molar-refractivity contribution >= 4 is 34.5 Å². The van der Waals surface area contributed by atoms with Gasteiger partial charge in [-0.05, 0) is 55.2 Å². The monoisotopic (exact) mass is 438 g/mol. The van der Waals surface area contributed by atoms with Crippen molar-refractivity contribution in [1.82, 2.24) is 9.55 Å². The number of fused-ring (bicyclic) bond motifs is 3. The predicted octanol–water partition coefficient (Wildman–Crippen LogP) is 4.81. The van der Waals surface area contributed by atoms with Crippen LogP contribution in [0.25, 0.3) is 11.0 Å². The molecule has 1 unspecified atom stereocenters. The number of nitrogens with one attached hydrogen (secondary N) is 1. The Kier molecular flexibility index (Phi) is 5.42. The Balaban J connectivity index is 1.43. The number of para-hydroxylation sites is 2. The van der Waals surface area contributed by atoms with Crippen molar-refractivity contribution in [2.75, 3.05) is 16.8 Å². The molecular weight excluding hydrogens is 412 g/mol. The maximum Gasteiger partial charge on any atom is 0.253 e. The highest BCUT2D eigenvalue weighted by Gasteiger charge is 2.40. The molecule has 0 spiro atoms. The quantitative estimate of drug-likeness (QED) is 0.470. The van der Waals surface area contributed by atoms with Crippen LogP contribution in [-0.2, 0) is 16.0 Å². The Hall–Kier alpha value is -3.93.